The van der Waals surface area contributed by atoms with E-state index in [-0.39, 0.29) is 17.7 Å². The van der Waals surface area contributed by atoms with Crippen molar-refractivity contribution in [2.75, 3.05) is 32.9 Å². The van der Waals surface area contributed by atoms with Crippen LogP contribution in [-0.4, -0.2) is 49.1 Å². The van der Waals surface area contributed by atoms with Crippen molar-refractivity contribution in [2.45, 2.75) is 44.7 Å². The summed E-state index contributed by atoms with van der Waals surface area (Å²) in [5, 5.41) is 16.4. The van der Waals surface area contributed by atoms with E-state index in [1.165, 1.54) is 0 Å². The Balaban J connectivity index is 2.23. The van der Waals surface area contributed by atoms with Gasteiger partial charge in [0.1, 0.15) is 0 Å². The van der Waals surface area contributed by atoms with Gasteiger partial charge in [-0.05, 0) is 33.6 Å². The molecule has 0 spiro atoms. The number of aliphatic hydroxyl groups is 1. The highest BCUT2D eigenvalue weighted by atomic mass is 16.5. The van der Waals surface area contributed by atoms with Gasteiger partial charge in [-0.1, -0.05) is 0 Å². The molecule has 0 amide bonds. The molecule has 4 nitrogen and oxygen atoms in total. The molecule has 3 N–H and O–H groups in total. The van der Waals surface area contributed by atoms with Gasteiger partial charge in [0.2, 0.25) is 0 Å². The van der Waals surface area contributed by atoms with Crippen molar-refractivity contribution in [3.8, 4) is 0 Å². The predicted octanol–water partition coefficient (Wildman–Crippen LogP) is 0.506. The molecule has 1 saturated heterocycles. The Morgan fingerprint density at radius 3 is 2.31 bits per heavy atom. The normalized spacial score (nSPS) is 21.0. The molecule has 1 aliphatic heterocycles. The first-order chi connectivity index (χ1) is 7.47. The summed E-state index contributed by atoms with van der Waals surface area (Å²) in [7, 11) is 0. The fourth-order valence-electron chi connectivity index (χ4n) is 1.92. The van der Waals surface area contributed by atoms with Crippen LogP contribution in [-0.2, 0) is 4.74 Å². The van der Waals surface area contributed by atoms with Crippen LogP contribution < -0.4 is 10.6 Å². The standard InChI is InChI=1S/C12H26N2O2/c1-11(2,3)13-6-7-14-12(10-15)4-8-16-9-5-12/h13-15H,4-10H2,1-3H3. The van der Waals surface area contributed by atoms with Crippen molar-refractivity contribution in [2.24, 2.45) is 0 Å². The second-order valence-corrected chi connectivity index (χ2v) is 5.65. The molecule has 0 aromatic carbocycles. The van der Waals surface area contributed by atoms with Crippen LogP contribution in [0.4, 0.5) is 0 Å². The fraction of sp³-hybridized carbons (Fsp3) is 1.00. The van der Waals surface area contributed by atoms with Crippen LogP contribution in [0.3, 0.4) is 0 Å². The molecule has 0 radical (unpaired) electrons. The Morgan fingerprint density at radius 2 is 1.81 bits per heavy atom. The maximum absolute atomic E-state index is 9.46. The molecule has 1 fully saturated rings. The highest BCUT2D eigenvalue weighted by molar-refractivity contribution is 4.89. The van der Waals surface area contributed by atoms with Crippen molar-refractivity contribution in [3.63, 3.8) is 0 Å². The number of hydrogen-bond acceptors (Lipinski definition) is 4. The predicted molar refractivity (Wildman–Crippen MR) is 65.6 cm³/mol. The first-order valence-corrected chi connectivity index (χ1v) is 6.16. The third-order valence-electron chi connectivity index (χ3n) is 3.03. The summed E-state index contributed by atoms with van der Waals surface area (Å²) in [6.07, 6.45) is 1.80. The van der Waals surface area contributed by atoms with E-state index in [0.29, 0.717) is 0 Å². The molecule has 0 atom stereocenters. The molecule has 0 aromatic rings. The van der Waals surface area contributed by atoms with Crippen LogP contribution in [0.5, 0.6) is 0 Å². The summed E-state index contributed by atoms with van der Waals surface area (Å²) in [6.45, 7) is 9.98. The molecule has 4 heteroatoms. The quantitative estimate of drug-likeness (QED) is 0.602. The lowest BCUT2D eigenvalue weighted by Crippen LogP contribution is -2.54. The van der Waals surface area contributed by atoms with Crippen LogP contribution in [0.25, 0.3) is 0 Å². The Kier molecular flexibility index (Phi) is 5.18. The van der Waals surface area contributed by atoms with E-state index in [0.717, 1.165) is 39.1 Å². The maximum Gasteiger partial charge on any atom is 0.0615 e. The minimum Gasteiger partial charge on any atom is -0.394 e. The zero-order valence-corrected chi connectivity index (χ0v) is 10.8. The summed E-state index contributed by atoms with van der Waals surface area (Å²) < 4.78 is 5.32. The molecule has 1 rings (SSSR count). The van der Waals surface area contributed by atoms with E-state index in [1.807, 2.05) is 0 Å². The van der Waals surface area contributed by atoms with Gasteiger partial charge < -0.3 is 20.5 Å². The number of ether oxygens (including phenoxy) is 1. The van der Waals surface area contributed by atoms with Crippen LogP contribution in [0.2, 0.25) is 0 Å². The van der Waals surface area contributed by atoms with Gasteiger partial charge in [0.15, 0.2) is 0 Å². The lowest BCUT2D eigenvalue weighted by atomic mass is 9.91. The Bertz CT molecular complexity index is 196. The van der Waals surface area contributed by atoms with E-state index in [2.05, 4.69) is 31.4 Å². The average molecular weight is 230 g/mol. The first-order valence-electron chi connectivity index (χ1n) is 6.16. The monoisotopic (exact) mass is 230 g/mol. The molecular weight excluding hydrogens is 204 g/mol. The first kappa shape index (κ1) is 13.9. The second kappa shape index (κ2) is 5.96. The van der Waals surface area contributed by atoms with Gasteiger partial charge in [-0.25, -0.2) is 0 Å². The number of nitrogens with one attached hydrogen (secondary N) is 2. The van der Waals surface area contributed by atoms with Crippen molar-refractivity contribution in [1.29, 1.82) is 0 Å². The fourth-order valence-corrected chi connectivity index (χ4v) is 1.92. The van der Waals surface area contributed by atoms with Crippen LogP contribution in [0, 0.1) is 0 Å². The number of rotatable bonds is 5. The second-order valence-electron chi connectivity index (χ2n) is 5.65. The molecule has 0 unspecified atom stereocenters. The highest BCUT2D eigenvalue weighted by Gasteiger charge is 2.30. The Hall–Kier alpha value is -0.160. The maximum atomic E-state index is 9.46. The molecule has 0 saturated carbocycles. The van der Waals surface area contributed by atoms with Gasteiger partial charge in [-0.2, -0.15) is 0 Å². The zero-order valence-electron chi connectivity index (χ0n) is 10.8. The molecular formula is C12H26N2O2. The summed E-state index contributed by atoms with van der Waals surface area (Å²) in [6, 6.07) is 0. The summed E-state index contributed by atoms with van der Waals surface area (Å²) in [5.41, 5.74) is 0.0432. The molecule has 0 bridgehead atoms. The molecule has 0 aromatic heterocycles. The molecule has 96 valence electrons. The molecule has 1 aliphatic rings. The number of hydrogen-bond donors (Lipinski definition) is 3. The van der Waals surface area contributed by atoms with Gasteiger partial charge in [-0.15, -0.1) is 0 Å². The van der Waals surface area contributed by atoms with Crippen LogP contribution in [0.1, 0.15) is 33.6 Å². The summed E-state index contributed by atoms with van der Waals surface area (Å²) >= 11 is 0. The largest absolute Gasteiger partial charge is 0.394 e. The van der Waals surface area contributed by atoms with E-state index in [1.54, 1.807) is 0 Å². The molecule has 1 heterocycles. The summed E-state index contributed by atoms with van der Waals surface area (Å²) in [4.78, 5) is 0. The van der Waals surface area contributed by atoms with Crippen molar-refractivity contribution in [1.82, 2.24) is 10.6 Å². The smallest absolute Gasteiger partial charge is 0.0615 e. The molecule has 16 heavy (non-hydrogen) atoms. The summed E-state index contributed by atoms with van der Waals surface area (Å²) in [5.74, 6) is 0. The molecule has 0 aliphatic carbocycles. The average Bonchev–Trinajstić information content (AvgIpc) is 2.25. The Labute approximate surface area is 98.8 Å². The van der Waals surface area contributed by atoms with E-state index >= 15 is 0 Å². The third-order valence-corrected chi connectivity index (χ3v) is 3.03. The topological polar surface area (TPSA) is 53.5 Å². The minimum absolute atomic E-state index is 0.113. The van der Waals surface area contributed by atoms with Crippen molar-refractivity contribution in [3.05, 3.63) is 0 Å². The lowest BCUT2D eigenvalue weighted by Gasteiger charge is -2.37. The van der Waals surface area contributed by atoms with Crippen molar-refractivity contribution < 1.29 is 9.84 Å². The van der Waals surface area contributed by atoms with Crippen LogP contribution >= 0.6 is 0 Å². The van der Waals surface area contributed by atoms with E-state index < -0.39 is 0 Å². The van der Waals surface area contributed by atoms with Gasteiger partial charge in [0.05, 0.1) is 6.61 Å². The number of aliphatic hydroxyl groups excluding tert-OH is 1. The minimum atomic E-state index is -0.113. The van der Waals surface area contributed by atoms with Crippen molar-refractivity contribution >= 4 is 0 Å². The van der Waals surface area contributed by atoms with E-state index in [9.17, 15) is 5.11 Å². The van der Waals surface area contributed by atoms with Gasteiger partial charge in [0.25, 0.3) is 0 Å². The van der Waals surface area contributed by atoms with E-state index in [4.69, 9.17) is 4.74 Å². The van der Waals surface area contributed by atoms with Gasteiger partial charge >= 0.3 is 0 Å². The Morgan fingerprint density at radius 1 is 1.19 bits per heavy atom. The van der Waals surface area contributed by atoms with Gasteiger partial charge in [-0.3, -0.25) is 0 Å². The SMILES string of the molecule is CC(C)(C)NCCNC1(CO)CCOCC1. The zero-order chi connectivity index (χ0) is 12.1. The van der Waals surface area contributed by atoms with Gasteiger partial charge in [0, 0.05) is 37.4 Å². The lowest BCUT2D eigenvalue weighted by molar-refractivity contribution is 0.0122. The van der Waals surface area contributed by atoms with Crippen LogP contribution in [0.15, 0.2) is 0 Å². The third kappa shape index (κ3) is 4.78. The highest BCUT2D eigenvalue weighted by Crippen LogP contribution is 2.19.